The molecule has 0 radical (unpaired) electrons. The van der Waals surface area contributed by atoms with E-state index < -0.39 is 92.2 Å². The van der Waals surface area contributed by atoms with Gasteiger partial charge in [0.2, 0.25) is 0 Å². The molecule has 3 aliphatic rings. The average molecular weight is 766 g/mol. The summed E-state index contributed by atoms with van der Waals surface area (Å²) in [6.07, 6.45) is 1.71. The number of carbonyl (C=O) groups excluding carboxylic acids is 1. The molecule has 54 heavy (non-hydrogen) atoms. The van der Waals surface area contributed by atoms with Crippen LogP contribution in [0, 0.1) is 11.8 Å². The van der Waals surface area contributed by atoms with Crippen LogP contribution in [0.3, 0.4) is 0 Å². The van der Waals surface area contributed by atoms with Gasteiger partial charge in [-0.3, -0.25) is 0 Å². The lowest BCUT2D eigenvalue weighted by Crippen LogP contribution is -2.66. The minimum atomic E-state index is -1.24. The van der Waals surface area contributed by atoms with Gasteiger partial charge < -0.3 is 58.9 Å². The fraction of sp³-hybridized carbons (Fsp3) is 0.732. The molecule has 14 atom stereocenters. The lowest BCUT2D eigenvalue weighted by Gasteiger charge is -2.49. The number of nitrogens with zero attached hydrogens (tertiary/aromatic N) is 1. The van der Waals surface area contributed by atoms with Crippen LogP contribution in [0.25, 0.3) is 0 Å². The number of allylic oxidation sites excluding steroid dienone is 4. The second kappa shape index (κ2) is 21.3. The van der Waals surface area contributed by atoms with E-state index in [1.54, 1.807) is 19.1 Å². The third kappa shape index (κ3) is 11.9. The third-order valence-electron chi connectivity index (χ3n) is 10.7. The number of hydrogen-bond acceptors (Lipinski definition) is 13. The molecule has 13 heteroatoms. The number of cyclic esters (lactones) is 1. The van der Waals surface area contributed by atoms with Crippen LogP contribution < -0.4 is 0 Å². The van der Waals surface area contributed by atoms with Gasteiger partial charge in [-0.15, -0.1) is 0 Å². The molecule has 0 amide bonds. The van der Waals surface area contributed by atoms with E-state index in [-0.39, 0.29) is 23.8 Å². The maximum Gasteiger partial charge on any atom is 0.336 e. The first-order valence-electron chi connectivity index (χ1n) is 19.2. The van der Waals surface area contributed by atoms with Gasteiger partial charge in [-0.05, 0) is 84.7 Å². The molecule has 0 unspecified atom stereocenters. The zero-order valence-corrected chi connectivity index (χ0v) is 34.0. The Morgan fingerprint density at radius 3 is 2.17 bits per heavy atom. The van der Waals surface area contributed by atoms with Gasteiger partial charge in [-0.1, -0.05) is 56.7 Å². The number of hydrogen-bond donors (Lipinski definition) is 5. The zero-order chi connectivity index (χ0) is 40.4. The molecule has 308 valence electrons. The van der Waals surface area contributed by atoms with Crippen LogP contribution in [0.1, 0.15) is 74.7 Å². The Morgan fingerprint density at radius 1 is 0.907 bits per heavy atom. The van der Waals surface area contributed by atoms with Crippen LogP contribution in [0.5, 0.6) is 0 Å². The normalized spacial score (nSPS) is 42.7. The Morgan fingerprint density at radius 2 is 1.57 bits per heavy atom. The van der Waals surface area contributed by atoms with Gasteiger partial charge in [0.1, 0.15) is 36.6 Å². The summed E-state index contributed by atoms with van der Waals surface area (Å²) in [5, 5.41) is 54.0. The van der Waals surface area contributed by atoms with Gasteiger partial charge in [-0.25, -0.2) is 4.79 Å². The SMILES string of the molecule is CC[C@H]1/C=C(\C)[C@@H](O)C/C=C/C=C(\CO)C(=O)O[C@H](C(C)C)C/C=C(C)/C=C(\C)[C@@H]1O[C@@H]1O[C@H](C)[C@@H](O[C@@H]2O[C@H](C)[C@@H](O)[C@H](O)[C@H]2OC)[C@H](N(C)C)[C@H]1O. The summed E-state index contributed by atoms with van der Waals surface area (Å²) in [6, 6.07) is -0.633. The lowest BCUT2D eigenvalue weighted by molar-refractivity contribution is -0.350. The molecular weight excluding hydrogens is 698 g/mol. The number of aliphatic hydroxyl groups excluding tert-OH is 5. The summed E-state index contributed by atoms with van der Waals surface area (Å²) in [5.41, 5.74) is 2.64. The largest absolute Gasteiger partial charge is 0.458 e. The topological polar surface area (TPSA) is 177 Å². The van der Waals surface area contributed by atoms with Crippen LogP contribution in [0.4, 0.5) is 0 Å². The fourth-order valence-corrected chi connectivity index (χ4v) is 7.22. The van der Waals surface area contributed by atoms with Gasteiger partial charge in [0, 0.05) is 19.4 Å². The minimum absolute atomic E-state index is 0.0162. The maximum atomic E-state index is 12.9. The van der Waals surface area contributed by atoms with E-state index in [0.29, 0.717) is 12.8 Å². The number of methoxy groups -OCH3 is 1. The van der Waals surface area contributed by atoms with Crippen molar-refractivity contribution >= 4 is 5.97 Å². The third-order valence-corrected chi connectivity index (χ3v) is 10.7. The van der Waals surface area contributed by atoms with E-state index in [0.717, 1.165) is 16.7 Å². The molecule has 2 saturated heterocycles. The van der Waals surface area contributed by atoms with Crippen LogP contribution in [-0.4, -0.2) is 144 Å². The maximum absolute atomic E-state index is 12.9. The van der Waals surface area contributed by atoms with Crippen molar-refractivity contribution in [2.24, 2.45) is 11.8 Å². The van der Waals surface area contributed by atoms with Crippen LogP contribution in [0.2, 0.25) is 0 Å². The summed E-state index contributed by atoms with van der Waals surface area (Å²) < 4.78 is 36.8. The standard InChI is InChI=1S/C41H67NO12/c1-12-28-20-24(5)30(44)16-14-13-15-29(21-43)39(48)52-31(22(2)3)18-17-23(4)19-25(6)36(28)53-40-34(46)32(42(9)10)37(27(8)51-40)54-41-38(49-11)35(47)33(45)26(7)50-41/h13-15,17,19-20,22,26-28,30-38,40-41,43-47H,12,16,18,21H2,1-11H3/b14-13+,23-17+,24-20+,25-19+,29-15+/t26-,27-,28+,30+,31+,32-,33-,34-,35+,36+,37-,38-,40+,41+/m1/s1. The number of rotatable bonds is 9. The first kappa shape index (κ1) is 46.1. The molecule has 0 spiro atoms. The molecule has 3 rings (SSSR count). The Labute approximate surface area is 321 Å². The van der Waals surface area contributed by atoms with Crippen molar-refractivity contribution in [3.8, 4) is 0 Å². The lowest BCUT2D eigenvalue weighted by atomic mass is 9.89. The first-order valence-corrected chi connectivity index (χ1v) is 19.2. The first-order chi connectivity index (χ1) is 25.4. The highest BCUT2D eigenvalue weighted by Gasteiger charge is 2.51. The van der Waals surface area contributed by atoms with Crippen LogP contribution in [-0.2, 0) is 33.2 Å². The monoisotopic (exact) mass is 765 g/mol. The molecule has 0 aromatic heterocycles. The van der Waals surface area contributed by atoms with Crippen molar-refractivity contribution in [1.29, 1.82) is 0 Å². The van der Waals surface area contributed by atoms with Crippen LogP contribution in [0.15, 0.2) is 58.7 Å². The Hall–Kier alpha value is -2.27. The Kier molecular flexibility index (Phi) is 18.2. The second-order valence-electron chi connectivity index (χ2n) is 15.5. The molecule has 0 aromatic carbocycles. The summed E-state index contributed by atoms with van der Waals surface area (Å²) >= 11 is 0. The van der Waals surface area contributed by atoms with E-state index in [2.05, 4.69) is 0 Å². The molecule has 13 nitrogen and oxygen atoms in total. The van der Waals surface area contributed by atoms with E-state index in [4.69, 9.17) is 28.4 Å². The molecular formula is C41H67NO12. The molecule has 3 aliphatic heterocycles. The molecule has 2 fully saturated rings. The summed E-state index contributed by atoms with van der Waals surface area (Å²) in [6.45, 7) is 14.8. The van der Waals surface area contributed by atoms with E-state index >= 15 is 0 Å². The van der Waals surface area contributed by atoms with Crippen molar-refractivity contribution < 1.29 is 58.7 Å². The van der Waals surface area contributed by atoms with Crippen molar-refractivity contribution in [3.63, 3.8) is 0 Å². The molecule has 0 aromatic rings. The van der Waals surface area contributed by atoms with Crippen molar-refractivity contribution in [2.75, 3.05) is 27.8 Å². The molecule has 5 N–H and O–H groups in total. The van der Waals surface area contributed by atoms with Crippen molar-refractivity contribution in [1.82, 2.24) is 4.90 Å². The number of esters is 1. The molecule has 3 heterocycles. The smallest absolute Gasteiger partial charge is 0.336 e. The van der Waals surface area contributed by atoms with E-state index in [1.165, 1.54) is 13.2 Å². The van der Waals surface area contributed by atoms with Gasteiger partial charge in [0.05, 0.1) is 42.6 Å². The summed E-state index contributed by atoms with van der Waals surface area (Å²) in [7, 11) is 5.05. The quantitative estimate of drug-likeness (QED) is 0.171. The predicted molar refractivity (Wildman–Crippen MR) is 204 cm³/mol. The molecule has 0 saturated carbocycles. The van der Waals surface area contributed by atoms with Gasteiger partial charge in [0.15, 0.2) is 12.6 Å². The Bertz CT molecular complexity index is 1360. The fourth-order valence-electron chi connectivity index (χ4n) is 7.22. The highest BCUT2D eigenvalue weighted by atomic mass is 16.7. The number of likely N-dealkylation sites (N-methyl/N-ethyl adjacent to an activating group) is 1. The van der Waals surface area contributed by atoms with Crippen molar-refractivity contribution in [2.45, 2.75) is 154 Å². The van der Waals surface area contributed by atoms with Crippen LogP contribution >= 0.6 is 0 Å². The van der Waals surface area contributed by atoms with E-state index in [1.807, 2.05) is 85.7 Å². The number of aliphatic hydroxyl groups is 5. The zero-order valence-electron chi connectivity index (χ0n) is 34.0. The van der Waals surface area contributed by atoms with Crippen molar-refractivity contribution in [3.05, 3.63) is 58.7 Å². The van der Waals surface area contributed by atoms with Gasteiger partial charge in [-0.2, -0.15) is 0 Å². The highest BCUT2D eigenvalue weighted by Crippen LogP contribution is 2.35. The predicted octanol–water partition coefficient (Wildman–Crippen LogP) is 3.34. The number of ether oxygens (including phenoxy) is 6. The molecule has 0 aliphatic carbocycles. The summed E-state index contributed by atoms with van der Waals surface area (Å²) in [4.78, 5) is 14.8. The van der Waals surface area contributed by atoms with Gasteiger partial charge >= 0.3 is 5.97 Å². The Balaban J connectivity index is 2.00. The number of carbonyl (C=O) groups is 1. The summed E-state index contributed by atoms with van der Waals surface area (Å²) in [5.74, 6) is -0.792. The average Bonchev–Trinajstić information content (AvgIpc) is 3.11. The molecule has 0 bridgehead atoms. The van der Waals surface area contributed by atoms with Gasteiger partial charge in [0.25, 0.3) is 0 Å². The van der Waals surface area contributed by atoms with E-state index in [9.17, 15) is 30.3 Å². The minimum Gasteiger partial charge on any atom is -0.458 e. The highest BCUT2D eigenvalue weighted by molar-refractivity contribution is 5.89. The second-order valence-corrected chi connectivity index (χ2v) is 15.5.